The van der Waals surface area contributed by atoms with E-state index in [0.717, 1.165) is 11.1 Å². The van der Waals surface area contributed by atoms with E-state index < -0.39 is 24.4 Å². The first-order chi connectivity index (χ1) is 16.6. The van der Waals surface area contributed by atoms with E-state index in [4.69, 9.17) is 18.9 Å². The summed E-state index contributed by atoms with van der Waals surface area (Å²) in [4.78, 5) is 0. The zero-order chi connectivity index (χ0) is 25.8. The predicted octanol–water partition coefficient (Wildman–Crippen LogP) is 2.29. The first-order valence-corrected chi connectivity index (χ1v) is 11.9. The molecule has 0 fully saturated rings. The molecule has 0 radical (unpaired) electrons. The lowest BCUT2D eigenvalue weighted by Gasteiger charge is -2.26. The van der Waals surface area contributed by atoms with E-state index >= 15 is 0 Å². The number of benzene rings is 2. The van der Waals surface area contributed by atoms with Gasteiger partial charge in [-0.15, -0.1) is 0 Å². The van der Waals surface area contributed by atoms with Gasteiger partial charge in [-0.2, -0.15) is 0 Å². The van der Waals surface area contributed by atoms with Crippen LogP contribution >= 0.6 is 0 Å². The van der Waals surface area contributed by atoms with Crippen molar-refractivity contribution in [1.82, 2.24) is 0 Å². The molecule has 4 unspecified atom stereocenters. The van der Waals surface area contributed by atoms with Crippen molar-refractivity contribution in [3.8, 4) is 11.5 Å². The van der Waals surface area contributed by atoms with Crippen LogP contribution in [0.1, 0.15) is 38.8 Å². The standard InChI is InChI=1S/C27H40O8/c1-19(28)13-32-15-23(30)17-34-25-9-5-21(6-10-25)27(3,4)22-7-11-26(12-8-22)35-18-24(31)16-33-14-20(2)29/h5-12,19-20,23-24,28-31H,13-18H2,1-4H3. The Balaban J connectivity index is 1.85. The first-order valence-electron chi connectivity index (χ1n) is 11.9. The highest BCUT2D eigenvalue weighted by molar-refractivity contribution is 5.41. The highest BCUT2D eigenvalue weighted by Crippen LogP contribution is 2.33. The third-order valence-corrected chi connectivity index (χ3v) is 5.38. The van der Waals surface area contributed by atoms with Crippen LogP contribution in [0.4, 0.5) is 0 Å². The molecule has 0 aliphatic carbocycles. The molecule has 8 nitrogen and oxygen atoms in total. The summed E-state index contributed by atoms with van der Waals surface area (Å²) < 4.78 is 21.7. The second-order valence-corrected chi connectivity index (χ2v) is 9.38. The van der Waals surface area contributed by atoms with Gasteiger partial charge in [-0.1, -0.05) is 38.1 Å². The molecule has 0 saturated carbocycles. The van der Waals surface area contributed by atoms with Gasteiger partial charge in [0.15, 0.2) is 0 Å². The van der Waals surface area contributed by atoms with Crippen LogP contribution < -0.4 is 9.47 Å². The van der Waals surface area contributed by atoms with E-state index in [1.165, 1.54) is 0 Å². The second-order valence-electron chi connectivity index (χ2n) is 9.38. The molecule has 0 bridgehead atoms. The van der Waals surface area contributed by atoms with E-state index in [1.807, 2.05) is 48.5 Å². The predicted molar refractivity (Wildman–Crippen MR) is 133 cm³/mol. The monoisotopic (exact) mass is 492 g/mol. The Bertz CT molecular complexity index is 764. The Labute approximate surface area is 208 Å². The third-order valence-electron chi connectivity index (χ3n) is 5.38. The van der Waals surface area contributed by atoms with Gasteiger partial charge in [-0.3, -0.25) is 0 Å². The van der Waals surface area contributed by atoms with Gasteiger partial charge >= 0.3 is 0 Å². The highest BCUT2D eigenvalue weighted by Gasteiger charge is 2.23. The lowest BCUT2D eigenvalue weighted by Crippen LogP contribution is -2.25. The largest absolute Gasteiger partial charge is 0.491 e. The van der Waals surface area contributed by atoms with Crippen LogP contribution in [0.15, 0.2) is 48.5 Å². The summed E-state index contributed by atoms with van der Waals surface area (Å²) in [7, 11) is 0. The zero-order valence-corrected chi connectivity index (χ0v) is 21.1. The van der Waals surface area contributed by atoms with Gasteiger partial charge in [-0.25, -0.2) is 0 Å². The molecule has 0 amide bonds. The summed E-state index contributed by atoms with van der Waals surface area (Å²) in [6.07, 6.45) is -2.68. The molecule has 8 heteroatoms. The maximum Gasteiger partial charge on any atom is 0.119 e. The molecule has 35 heavy (non-hydrogen) atoms. The average Bonchev–Trinajstić information content (AvgIpc) is 2.81. The molecular weight excluding hydrogens is 452 g/mol. The fourth-order valence-corrected chi connectivity index (χ4v) is 3.33. The normalized spacial score (nSPS) is 15.3. The molecule has 0 saturated heterocycles. The molecule has 0 aliphatic heterocycles. The van der Waals surface area contributed by atoms with Crippen LogP contribution in [0.25, 0.3) is 0 Å². The average molecular weight is 493 g/mol. The van der Waals surface area contributed by atoms with Gasteiger partial charge in [0.2, 0.25) is 0 Å². The molecule has 196 valence electrons. The fourth-order valence-electron chi connectivity index (χ4n) is 3.33. The summed E-state index contributed by atoms with van der Waals surface area (Å²) in [5.74, 6) is 1.30. The van der Waals surface area contributed by atoms with Crippen LogP contribution in [0.5, 0.6) is 11.5 Å². The number of ether oxygens (including phenoxy) is 4. The first kappa shape index (κ1) is 29.0. The van der Waals surface area contributed by atoms with E-state index in [2.05, 4.69) is 13.8 Å². The van der Waals surface area contributed by atoms with Gasteiger partial charge in [0.05, 0.1) is 38.6 Å². The Hall–Kier alpha value is -2.20. The van der Waals surface area contributed by atoms with Gasteiger partial charge in [0, 0.05) is 5.41 Å². The number of aliphatic hydroxyl groups is 4. The van der Waals surface area contributed by atoms with Crippen LogP contribution in [-0.4, -0.2) is 84.5 Å². The summed E-state index contributed by atoms with van der Waals surface area (Å²) in [5, 5.41) is 38.2. The quantitative estimate of drug-likeness (QED) is 0.282. The molecule has 4 atom stereocenters. The number of hydrogen-bond donors (Lipinski definition) is 4. The third kappa shape index (κ3) is 10.5. The molecule has 0 spiro atoms. The topological polar surface area (TPSA) is 118 Å². The minimum absolute atomic E-state index is 0.103. The SMILES string of the molecule is CC(O)COCC(O)COc1ccc(C(C)(C)c2ccc(OCC(O)COCC(C)O)cc2)cc1. The lowest BCUT2D eigenvalue weighted by molar-refractivity contribution is -0.0164. The molecule has 0 aliphatic rings. The summed E-state index contributed by atoms with van der Waals surface area (Å²) in [5.41, 5.74) is 1.94. The van der Waals surface area contributed by atoms with Gasteiger partial charge < -0.3 is 39.4 Å². The second kappa shape index (κ2) is 14.4. The minimum Gasteiger partial charge on any atom is -0.491 e. The number of hydrogen-bond acceptors (Lipinski definition) is 8. The molecule has 0 aromatic heterocycles. The van der Waals surface area contributed by atoms with Crippen molar-refractivity contribution in [3.63, 3.8) is 0 Å². The van der Waals surface area contributed by atoms with E-state index in [1.54, 1.807) is 13.8 Å². The molecule has 2 rings (SSSR count). The molecular formula is C27H40O8. The van der Waals surface area contributed by atoms with Crippen LogP contribution in [0.3, 0.4) is 0 Å². The zero-order valence-electron chi connectivity index (χ0n) is 21.1. The van der Waals surface area contributed by atoms with E-state index in [9.17, 15) is 20.4 Å². The van der Waals surface area contributed by atoms with Crippen molar-refractivity contribution in [2.75, 3.05) is 39.6 Å². The summed E-state index contributed by atoms with van der Waals surface area (Å²) in [6.45, 7) is 8.27. The fraction of sp³-hybridized carbons (Fsp3) is 0.556. The van der Waals surface area contributed by atoms with Crippen LogP contribution in [0, 0.1) is 0 Å². The number of aliphatic hydroxyl groups excluding tert-OH is 4. The van der Waals surface area contributed by atoms with E-state index in [0.29, 0.717) is 11.5 Å². The molecule has 4 N–H and O–H groups in total. The number of rotatable bonds is 16. The molecule has 2 aromatic carbocycles. The Morgan fingerprint density at radius 2 is 0.914 bits per heavy atom. The van der Waals surface area contributed by atoms with Gasteiger partial charge in [0.1, 0.15) is 36.9 Å². The van der Waals surface area contributed by atoms with Crippen molar-refractivity contribution in [2.24, 2.45) is 0 Å². The maximum absolute atomic E-state index is 9.93. The van der Waals surface area contributed by atoms with Crippen molar-refractivity contribution in [3.05, 3.63) is 59.7 Å². The van der Waals surface area contributed by atoms with Crippen LogP contribution in [0.2, 0.25) is 0 Å². The summed E-state index contributed by atoms with van der Waals surface area (Å²) in [6, 6.07) is 15.5. The Morgan fingerprint density at radius 1 is 0.571 bits per heavy atom. The summed E-state index contributed by atoms with van der Waals surface area (Å²) >= 11 is 0. The molecule has 0 heterocycles. The highest BCUT2D eigenvalue weighted by atomic mass is 16.5. The van der Waals surface area contributed by atoms with Crippen LogP contribution in [-0.2, 0) is 14.9 Å². The maximum atomic E-state index is 9.93. The van der Waals surface area contributed by atoms with Gasteiger partial charge in [-0.05, 0) is 49.2 Å². The molecule has 2 aromatic rings. The Morgan fingerprint density at radius 3 is 1.23 bits per heavy atom. The van der Waals surface area contributed by atoms with E-state index in [-0.39, 0.29) is 45.1 Å². The van der Waals surface area contributed by atoms with Crippen molar-refractivity contribution in [1.29, 1.82) is 0 Å². The Kier molecular flexibility index (Phi) is 11.9. The lowest BCUT2D eigenvalue weighted by atomic mass is 9.78. The van der Waals surface area contributed by atoms with Crippen molar-refractivity contribution >= 4 is 0 Å². The van der Waals surface area contributed by atoms with Gasteiger partial charge in [0.25, 0.3) is 0 Å². The van der Waals surface area contributed by atoms with Crippen molar-refractivity contribution in [2.45, 2.75) is 57.5 Å². The smallest absolute Gasteiger partial charge is 0.119 e. The minimum atomic E-state index is -0.775. The van der Waals surface area contributed by atoms with Crippen molar-refractivity contribution < 1.29 is 39.4 Å².